The zero-order valence-corrected chi connectivity index (χ0v) is 8.92. The molecule has 0 amide bonds. The molecule has 0 saturated carbocycles. The van der Waals surface area contributed by atoms with Gasteiger partial charge in [-0.15, -0.1) is 0 Å². The van der Waals surface area contributed by atoms with E-state index in [-0.39, 0.29) is 5.54 Å². The molecule has 1 aromatic rings. The van der Waals surface area contributed by atoms with Crippen LogP contribution in [0.1, 0.15) is 26.7 Å². The molecule has 0 heterocycles. The van der Waals surface area contributed by atoms with Crippen molar-refractivity contribution in [3.8, 4) is 5.75 Å². The van der Waals surface area contributed by atoms with Crippen LogP contribution in [0.3, 0.4) is 0 Å². The summed E-state index contributed by atoms with van der Waals surface area (Å²) < 4.78 is 5.61. The number of ether oxygens (including phenoxy) is 1. The van der Waals surface area contributed by atoms with Gasteiger partial charge in [0.15, 0.2) is 0 Å². The summed E-state index contributed by atoms with van der Waals surface area (Å²) in [5.74, 6) is 0.862. The number of hydrogen-bond donors (Lipinski definition) is 1. The van der Waals surface area contributed by atoms with E-state index < -0.39 is 0 Å². The second-order valence-corrected chi connectivity index (χ2v) is 3.59. The first kappa shape index (κ1) is 11.1. The van der Waals surface area contributed by atoms with E-state index in [0.717, 1.165) is 18.6 Å². The molecule has 0 aliphatic carbocycles. The van der Waals surface area contributed by atoms with Crippen molar-refractivity contribution < 1.29 is 4.74 Å². The molecule has 0 spiro atoms. The smallest absolute Gasteiger partial charge is 0.119 e. The molecule has 0 aliphatic heterocycles. The predicted molar refractivity (Wildman–Crippen MR) is 58.3 cm³/mol. The molecule has 2 heteroatoms. The summed E-state index contributed by atoms with van der Waals surface area (Å²) >= 11 is 0. The summed E-state index contributed by atoms with van der Waals surface area (Å²) in [5.41, 5.74) is 5.92. The standard InChI is InChI=1S/C12H18NO/c1-3-12(13,4-2)10-14-11-8-6-5-7-9-11/h6-9H,3-4,10,13H2,1-2H3. The molecule has 2 nitrogen and oxygen atoms in total. The average Bonchev–Trinajstić information content (AvgIpc) is 2.27. The normalized spacial score (nSPS) is 11.4. The lowest BCUT2D eigenvalue weighted by Crippen LogP contribution is -2.44. The molecule has 0 aromatic heterocycles. The summed E-state index contributed by atoms with van der Waals surface area (Å²) in [7, 11) is 0. The van der Waals surface area contributed by atoms with Crippen molar-refractivity contribution in [2.24, 2.45) is 5.73 Å². The minimum absolute atomic E-state index is 0.195. The molecular formula is C12H18NO. The minimum atomic E-state index is -0.195. The van der Waals surface area contributed by atoms with E-state index in [1.807, 2.05) is 24.3 Å². The molecule has 0 aliphatic rings. The van der Waals surface area contributed by atoms with Crippen molar-refractivity contribution in [3.05, 3.63) is 30.3 Å². The van der Waals surface area contributed by atoms with Gasteiger partial charge in [-0.2, -0.15) is 0 Å². The van der Waals surface area contributed by atoms with Crippen LogP contribution in [0.25, 0.3) is 0 Å². The first-order valence-corrected chi connectivity index (χ1v) is 5.08. The van der Waals surface area contributed by atoms with Gasteiger partial charge in [-0.1, -0.05) is 26.0 Å². The Morgan fingerprint density at radius 3 is 2.36 bits per heavy atom. The fourth-order valence-electron chi connectivity index (χ4n) is 1.15. The first-order chi connectivity index (χ1) is 6.70. The number of rotatable bonds is 5. The maximum absolute atomic E-state index is 6.11. The van der Waals surface area contributed by atoms with Crippen molar-refractivity contribution in [1.82, 2.24) is 0 Å². The Balaban J connectivity index is 2.48. The summed E-state index contributed by atoms with van der Waals surface area (Å²) in [6.07, 6.45) is 1.87. The average molecular weight is 192 g/mol. The maximum atomic E-state index is 6.11. The predicted octanol–water partition coefficient (Wildman–Crippen LogP) is 2.38. The Morgan fingerprint density at radius 1 is 1.29 bits per heavy atom. The number of hydrogen-bond acceptors (Lipinski definition) is 2. The van der Waals surface area contributed by atoms with Crippen LogP contribution in [-0.4, -0.2) is 12.1 Å². The Labute approximate surface area is 86.1 Å². The monoisotopic (exact) mass is 192 g/mol. The topological polar surface area (TPSA) is 35.2 Å². The lowest BCUT2D eigenvalue weighted by Gasteiger charge is -2.26. The van der Waals surface area contributed by atoms with Gasteiger partial charge in [0.25, 0.3) is 0 Å². The lowest BCUT2D eigenvalue weighted by molar-refractivity contribution is 0.207. The molecule has 2 N–H and O–H groups in total. The van der Waals surface area contributed by atoms with Gasteiger partial charge in [0, 0.05) is 5.54 Å². The minimum Gasteiger partial charge on any atom is -0.492 e. The third-order valence-corrected chi connectivity index (χ3v) is 2.62. The Kier molecular flexibility index (Phi) is 3.96. The van der Waals surface area contributed by atoms with Crippen LogP contribution in [0.15, 0.2) is 24.3 Å². The molecule has 0 saturated heterocycles. The fraction of sp³-hybridized carbons (Fsp3) is 0.500. The molecule has 0 bridgehead atoms. The quantitative estimate of drug-likeness (QED) is 0.777. The molecule has 1 rings (SSSR count). The van der Waals surface area contributed by atoms with Gasteiger partial charge >= 0.3 is 0 Å². The van der Waals surface area contributed by atoms with Crippen molar-refractivity contribution in [1.29, 1.82) is 0 Å². The van der Waals surface area contributed by atoms with Crippen LogP contribution in [0.5, 0.6) is 5.75 Å². The molecule has 0 atom stereocenters. The third-order valence-electron chi connectivity index (χ3n) is 2.62. The van der Waals surface area contributed by atoms with Crippen LogP contribution in [0, 0.1) is 6.07 Å². The molecule has 0 unspecified atom stereocenters. The summed E-state index contributed by atoms with van der Waals surface area (Å²) in [6.45, 7) is 4.75. The van der Waals surface area contributed by atoms with E-state index in [1.165, 1.54) is 0 Å². The second-order valence-electron chi connectivity index (χ2n) is 3.59. The van der Waals surface area contributed by atoms with E-state index in [9.17, 15) is 0 Å². The molecule has 0 fully saturated rings. The largest absolute Gasteiger partial charge is 0.492 e. The SMILES string of the molecule is CCC(N)(CC)COc1cc[c]cc1. The van der Waals surface area contributed by atoms with Crippen LogP contribution in [0.2, 0.25) is 0 Å². The van der Waals surface area contributed by atoms with Gasteiger partial charge < -0.3 is 10.5 Å². The summed E-state index contributed by atoms with van der Waals surface area (Å²) in [6, 6.07) is 10.4. The van der Waals surface area contributed by atoms with Gasteiger partial charge in [0.2, 0.25) is 0 Å². The van der Waals surface area contributed by atoms with E-state index in [0.29, 0.717) is 6.61 Å². The number of benzene rings is 1. The van der Waals surface area contributed by atoms with E-state index in [2.05, 4.69) is 19.9 Å². The summed E-state index contributed by atoms with van der Waals surface area (Å²) in [4.78, 5) is 0. The van der Waals surface area contributed by atoms with Gasteiger partial charge in [-0.3, -0.25) is 0 Å². The van der Waals surface area contributed by atoms with Crippen molar-refractivity contribution in [2.45, 2.75) is 32.2 Å². The Bertz CT molecular complexity index is 254. The second kappa shape index (κ2) is 5.01. The van der Waals surface area contributed by atoms with Crippen LogP contribution in [0.4, 0.5) is 0 Å². The zero-order valence-electron chi connectivity index (χ0n) is 8.92. The van der Waals surface area contributed by atoms with Crippen LogP contribution < -0.4 is 10.5 Å². The highest BCUT2D eigenvalue weighted by atomic mass is 16.5. The molecule has 77 valence electrons. The summed E-state index contributed by atoms with van der Waals surface area (Å²) in [5, 5.41) is 0. The third kappa shape index (κ3) is 3.04. The van der Waals surface area contributed by atoms with E-state index in [1.54, 1.807) is 0 Å². The van der Waals surface area contributed by atoms with Crippen molar-refractivity contribution in [2.75, 3.05) is 6.61 Å². The first-order valence-electron chi connectivity index (χ1n) is 5.08. The molecule has 1 aromatic carbocycles. The lowest BCUT2D eigenvalue weighted by atomic mass is 9.96. The van der Waals surface area contributed by atoms with Gasteiger partial charge in [0.1, 0.15) is 12.4 Å². The molecular weight excluding hydrogens is 174 g/mol. The molecule has 14 heavy (non-hydrogen) atoms. The van der Waals surface area contributed by atoms with Gasteiger partial charge in [-0.05, 0) is 31.0 Å². The van der Waals surface area contributed by atoms with Crippen LogP contribution >= 0.6 is 0 Å². The van der Waals surface area contributed by atoms with Gasteiger partial charge in [0.05, 0.1) is 0 Å². The highest BCUT2D eigenvalue weighted by molar-refractivity contribution is 5.20. The van der Waals surface area contributed by atoms with Crippen LogP contribution in [-0.2, 0) is 0 Å². The van der Waals surface area contributed by atoms with E-state index in [4.69, 9.17) is 10.5 Å². The maximum Gasteiger partial charge on any atom is 0.119 e. The fourth-order valence-corrected chi connectivity index (χ4v) is 1.15. The Morgan fingerprint density at radius 2 is 1.86 bits per heavy atom. The highest BCUT2D eigenvalue weighted by Crippen LogP contribution is 2.15. The van der Waals surface area contributed by atoms with Crippen molar-refractivity contribution in [3.63, 3.8) is 0 Å². The van der Waals surface area contributed by atoms with Gasteiger partial charge in [-0.25, -0.2) is 0 Å². The zero-order chi connectivity index (χ0) is 10.4. The van der Waals surface area contributed by atoms with Crippen molar-refractivity contribution >= 4 is 0 Å². The Hall–Kier alpha value is -1.02. The number of nitrogens with two attached hydrogens (primary N) is 1. The van der Waals surface area contributed by atoms with E-state index >= 15 is 0 Å². The molecule has 1 radical (unpaired) electrons. The highest BCUT2D eigenvalue weighted by Gasteiger charge is 2.20.